The van der Waals surface area contributed by atoms with E-state index in [4.69, 9.17) is 23.2 Å². The Balaban J connectivity index is 2.27. The van der Waals surface area contributed by atoms with Gasteiger partial charge in [-0.1, -0.05) is 35.3 Å². The van der Waals surface area contributed by atoms with Gasteiger partial charge in [-0.2, -0.15) is 5.10 Å². The van der Waals surface area contributed by atoms with Crippen LogP contribution < -0.4 is 0 Å². The first-order chi connectivity index (χ1) is 8.50. The number of benzene rings is 1. The van der Waals surface area contributed by atoms with Gasteiger partial charge in [-0.25, -0.2) is 0 Å². The smallest absolute Gasteiger partial charge is 0.185 e. The second-order valence-corrected chi connectivity index (χ2v) is 4.83. The normalized spacial score (nSPS) is 10.7. The minimum Gasteiger partial charge on any atom is -0.292 e. The first-order valence-corrected chi connectivity index (χ1v) is 6.23. The maximum absolute atomic E-state index is 12.1. The van der Waals surface area contributed by atoms with Crippen LogP contribution in [0.15, 0.2) is 24.3 Å². The minimum absolute atomic E-state index is 0.0807. The highest BCUT2D eigenvalue weighted by atomic mass is 35.5. The molecule has 0 atom stereocenters. The highest BCUT2D eigenvalue weighted by Crippen LogP contribution is 2.20. The van der Waals surface area contributed by atoms with Crippen LogP contribution in [0.3, 0.4) is 0 Å². The molecule has 0 saturated carbocycles. The molecule has 5 heteroatoms. The number of hydrogen-bond acceptors (Lipinski definition) is 2. The molecule has 94 valence electrons. The third-order valence-corrected chi connectivity index (χ3v) is 3.64. The maximum Gasteiger partial charge on any atom is 0.185 e. The molecule has 2 aromatic rings. The lowest BCUT2D eigenvalue weighted by Gasteiger charge is -2.05. The summed E-state index contributed by atoms with van der Waals surface area (Å²) in [5.41, 5.74) is 2.01. The Morgan fingerprint density at radius 2 is 1.94 bits per heavy atom. The van der Waals surface area contributed by atoms with Crippen molar-refractivity contribution in [2.45, 2.75) is 20.4 Å². The van der Waals surface area contributed by atoms with E-state index in [0.29, 0.717) is 15.6 Å². The van der Waals surface area contributed by atoms with Gasteiger partial charge in [0.25, 0.3) is 0 Å². The molecule has 2 rings (SSSR count). The lowest BCUT2D eigenvalue weighted by Crippen LogP contribution is -2.13. The SMILES string of the molecule is Cc1nn(CC(=O)c2ccccc2Cl)c(C)c1Cl. The van der Waals surface area contributed by atoms with Crippen LogP contribution in [0.5, 0.6) is 0 Å². The van der Waals surface area contributed by atoms with Crippen molar-refractivity contribution in [3.05, 3.63) is 51.3 Å². The number of ketones is 1. The molecule has 0 spiro atoms. The van der Waals surface area contributed by atoms with Crippen LogP contribution in [0.25, 0.3) is 0 Å². The molecule has 1 aromatic carbocycles. The summed E-state index contributed by atoms with van der Waals surface area (Å²) in [6, 6.07) is 6.98. The average molecular weight is 283 g/mol. The number of aryl methyl sites for hydroxylation is 1. The molecular formula is C13H12Cl2N2O. The molecule has 0 aliphatic heterocycles. The number of halogens is 2. The lowest BCUT2D eigenvalue weighted by atomic mass is 10.1. The standard InChI is InChI=1S/C13H12Cl2N2O/c1-8-13(15)9(2)17(16-8)7-12(18)10-5-3-4-6-11(10)14/h3-6H,7H2,1-2H3. The molecule has 0 N–H and O–H groups in total. The molecule has 0 amide bonds. The Labute approximate surface area is 115 Å². The van der Waals surface area contributed by atoms with Crippen molar-refractivity contribution in [1.82, 2.24) is 9.78 Å². The van der Waals surface area contributed by atoms with Crippen molar-refractivity contribution in [3.8, 4) is 0 Å². The van der Waals surface area contributed by atoms with Gasteiger partial charge in [-0.15, -0.1) is 0 Å². The van der Waals surface area contributed by atoms with Gasteiger partial charge in [0, 0.05) is 5.56 Å². The largest absolute Gasteiger partial charge is 0.292 e. The number of nitrogens with zero attached hydrogens (tertiary/aromatic N) is 2. The molecule has 0 fully saturated rings. The fourth-order valence-electron chi connectivity index (χ4n) is 1.74. The van der Waals surface area contributed by atoms with E-state index in [-0.39, 0.29) is 12.3 Å². The van der Waals surface area contributed by atoms with Crippen LogP contribution in [0.2, 0.25) is 10.0 Å². The van der Waals surface area contributed by atoms with Crippen LogP contribution in [-0.4, -0.2) is 15.6 Å². The van der Waals surface area contributed by atoms with Crippen LogP contribution in [0, 0.1) is 13.8 Å². The molecule has 1 aromatic heterocycles. The highest BCUT2D eigenvalue weighted by Gasteiger charge is 2.15. The molecule has 1 heterocycles. The summed E-state index contributed by atoms with van der Waals surface area (Å²) in [6.07, 6.45) is 0. The van der Waals surface area contributed by atoms with Crippen molar-refractivity contribution in [3.63, 3.8) is 0 Å². The van der Waals surface area contributed by atoms with Crippen molar-refractivity contribution in [1.29, 1.82) is 0 Å². The van der Waals surface area contributed by atoms with E-state index < -0.39 is 0 Å². The van der Waals surface area contributed by atoms with Crippen molar-refractivity contribution < 1.29 is 4.79 Å². The lowest BCUT2D eigenvalue weighted by molar-refractivity contribution is 0.0967. The van der Waals surface area contributed by atoms with E-state index in [9.17, 15) is 4.79 Å². The zero-order valence-electron chi connectivity index (χ0n) is 10.1. The van der Waals surface area contributed by atoms with E-state index >= 15 is 0 Å². The molecule has 18 heavy (non-hydrogen) atoms. The predicted octanol–water partition coefficient (Wildman–Crippen LogP) is 3.69. The second-order valence-electron chi connectivity index (χ2n) is 4.05. The second kappa shape index (κ2) is 5.12. The predicted molar refractivity (Wildman–Crippen MR) is 72.5 cm³/mol. The van der Waals surface area contributed by atoms with Crippen LogP contribution in [0.4, 0.5) is 0 Å². The summed E-state index contributed by atoms with van der Waals surface area (Å²) in [4.78, 5) is 12.1. The van der Waals surface area contributed by atoms with Crippen molar-refractivity contribution >= 4 is 29.0 Å². The average Bonchev–Trinajstić information content (AvgIpc) is 2.57. The third-order valence-electron chi connectivity index (χ3n) is 2.76. The van der Waals surface area contributed by atoms with Gasteiger partial charge < -0.3 is 0 Å². The summed E-state index contributed by atoms with van der Waals surface area (Å²) >= 11 is 12.0. The number of rotatable bonds is 3. The van der Waals surface area contributed by atoms with Crippen molar-refractivity contribution in [2.75, 3.05) is 0 Å². The van der Waals surface area contributed by atoms with E-state index in [1.807, 2.05) is 13.8 Å². The first kappa shape index (κ1) is 13.1. The molecular weight excluding hydrogens is 271 g/mol. The number of carbonyl (C=O) groups excluding carboxylic acids is 1. The Kier molecular flexibility index (Phi) is 3.73. The third kappa shape index (κ3) is 2.42. The fraction of sp³-hybridized carbons (Fsp3) is 0.231. The molecule has 0 saturated heterocycles. The van der Waals surface area contributed by atoms with E-state index in [1.165, 1.54) is 0 Å². The first-order valence-electron chi connectivity index (χ1n) is 5.48. The maximum atomic E-state index is 12.1. The van der Waals surface area contributed by atoms with Gasteiger partial charge in [0.2, 0.25) is 0 Å². The summed E-state index contributed by atoms with van der Waals surface area (Å²) < 4.78 is 1.60. The Bertz CT molecular complexity index is 605. The number of aromatic nitrogens is 2. The van der Waals surface area contributed by atoms with E-state index in [1.54, 1.807) is 28.9 Å². The zero-order chi connectivity index (χ0) is 13.3. The zero-order valence-corrected chi connectivity index (χ0v) is 11.6. The summed E-state index contributed by atoms with van der Waals surface area (Å²) in [6.45, 7) is 3.79. The topological polar surface area (TPSA) is 34.9 Å². The van der Waals surface area contributed by atoms with Gasteiger partial charge >= 0.3 is 0 Å². The molecule has 0 radical (unpaired) electrons. The van der Waals surface area contributed by atoms with Crippen LogP contribution in [0.1, 0.15) is 21.7 Å². The molecule has 3 nitrogen and oxygen atoms in total. The van der Waals surface area contributed by atoms with Gasteiger partial charge in [0.05, 0.1) is 21.4 Å². The number of carbonyl (C=O) groups is 1. The van der Waals surface area contributed by atoms with Gasteiger partial charge in [-0.3, -0.25) is 9.48 Å². The quantitative estimate of drug-likeness (QED) is 0.805. The number of Topliss-reactive ketones (excluding diaryl/α,β-unsaturated/α-hetero) is 1. The van der Waals surface area contributed by atoms with Gasteiger partial charge in [0.15, 0.2) is 5.78 Å². The van der Waals surface area contributed by atoms with Gasteiger partial charge in [0.1, 0.15) is 6.54 Å². The molecule has 0 aliphatic rings. The summed E-state index contributed by atoms with van der Waals surface area (Å²) in [5, 5.41) is 5.28. The Morgan fingerprint density at radius 3 is 2.50 bits per heavy atom. The van der Waals surface area contributed by atoms with Gasteiger partial charge in [-0.05, 0) is 26.0 Å². The highest BCUT2D eigenvalue weighted by molar-refractivity contribution is 6.34. The summed E-state index contributed by atoms with van der Waals surface area (Å²) in [7, 11) is 0. The Morgan fingerprint density at radius 1 is 1.28 bits per heavy atom. The summed E-state index contributed by atoms with van der Waals surface area (Å²) in [5.74, 6) is -0.0807. The molecule has 0 unspecified atom stereocenters. The minimum atomic E-state index is -0.0807. The van der Waals surface area contributed by atoms with E-state index in [0.717, 1.165) is 11.4 Å². The monoisotopic (exact) mass is 282 g/mol. The van der Waals surface area contributed by atoms with Crippen LogP contribution in [-0.2, 0) is 6.54 Å². The van der Waals surface area contributed by atoms with Crippen molar-refractivity contribution in [2.24, 2.45) is 0 Å². The van der Waals surface area contributed by atoms with Crippen LogP contribution >= 0.6 is 23.2 Å². The Hall–Kier alpha value is -1.32. The number of hydrogen-bond donors (Lipinski definition) is 0. The molecule has 0 aliphatic carbocycles. The molecule has 0 bridgehead atoms. The van der Waals surface area contributed by atoms with E-state index in [2.05, 4.69) is 5.10 Å². The fourth-order valence-corrected chi connectivity index (χ4v) is 2.11.